The van der Waals surface area contributed by atoms with Crippen molar-refractivity contribution in [1.29, 1.82) is 0 Å². The molecule has 1 saturated carbocycles. The van der Waals surface area contributed by atoms with Crippen LogP contribution in [0.15, 0.2) is 34.3 Å². The van der Waals surface area contributed by atoms with Gasteiger partial charge in [0.2, 0.25) is 0 Å². The van der Waals surface area contributed by atoms with Crippen molar-refractivity contribution >= 4 is 12.4 Å². The summed E-state index contributed by atoms with van der Waals surface area (Å²) in [5.74, 6) is 1.19. The van der Waals surface area contributed by atoms with Crippen LogP contribution in [0.2, 0.25) is 0 Å². The third-order valence-electron chi connectivity index (χ3n) is 8.95. The van der Waals surface area contributed by atoms with E-state index in [4.69, 9.17) is 9.98 Å². The van der Waals surface area contributed by atoms with Crippen molar-refractivity contribution in [2.45, 2.75) is 155 Å². The number of aliphatic imine (C=N–C) groups is 2. The van der Waals surface area contributed by atoms with Crippen LogP contribution in [-0.2, 0) is 10.8 Å². The van der Waals surface area contributed by atoms with Crippen LogP contribution in [0.25, 0.3) is 0 Å². The largest absolute Gasteiger partial charge is 0.507 e. The van der Waals surface area contributed by atoms with E-state index in [1.807, 2.05) is 19.4 Å². The van der Waals surface area contributed by atoms with Crippen LogP contribution >= 0.6 is 0 Å². The molecule has 42 heavy (non-hydrogen) atoms. The topological polar surface area (TPSA) is 65.2 Å². The summed E-state index contributed by atoms with van der Waals surface area (Å²) >= 11 is 0. The molecule has 0 amide bonds. The molecular weight excluding hydrogens is 516 g/mol. The second kappa shape index (κ2) is 14.7. The zero-order valence-corrected chi connectivity index (χ0v) is 28.1. The molecule has 4 heteroatoms. The van der Waals surface area contributed by atoms with Gasteiger partial charge in [0.15, 0.2) is 0 Å². The molecule has 0 spiro atoms. The second-order valence-corrected chi connectivity index (χ2v) is 14.7. The zero-order valence-electron chi connectivity index (χ0n) is 28.1. The van der Waals surface area contributed by atoms with E-state index in [9.17, 15) is 10.2 Å². The molecule has 0 aliphatic heterocycles. The molecule has 0 aromatic heterocycles. The first-order chi connectivity index (χ1) is 19.8. The number of aryl methyl sites for hydroxylation is 1. The minimum absolute atomic E-state index is 0.0330. The third kappa shape index (κ3) is 8.94. The standard InChI is InChI=1S/C38H58N2O2/c1-10-12-16-27(17-13-11-2)28-20-26(3)35(41)29(21-28)24-39-33-18-14-15-19-34(33)40-25-30-22-31(37(4,5)6)23-32(36(30)42)38(7,8)9/h20-25,27,33-34,41-42H,10-19H2,1-9H3. The minimum Gasteiger partial charge on any atom is -0.507 e. The molecule has 0 heterocycles. The van der Waals surface area contributed by atoms with E-state index in [2.05, 4.69) is 79.7 Å². The Hall–Kier alpha value is -2.62. The SMILES string of the molecule is CCCCC(CCCC)c1cc(C)c(O)c(C=NC2CCCCC2N=Cc2cc(C(C)(C)C)cc(C(C)(C)C)c2O)c1. The van der Waals surface area contributed by atoms with Gasteiger partial charge in [-0.15, -0.1) is 0 Å². The number of phenolic OH excluding ortho intramolecular Hbond substituents is 2. The summed E-state index contributed by atoms with van der Waals surface area (Å²) in [5, 5.41) is 22.2. The Morgan fingerprint density at radius 2 is 1.29 bits per heavy atom. The highest BCUT2D eigenvalue weighted by molar-refractivity contribution is 5.86. The van der Waals surface area contributed by atoms with Gasteiger partial charge in [0.05, 0.1) is 12.1 Å². The van der Waals surface area contributed by atoms with E-state index in [0.29, 0.717) is 17.4 Å². The fourth-order valence-corrected chi connectivity index (χ4v) is 6.10. The zero-order chi connectivity index (χ0) is 31.1. The Morgan fingerprint density at radius 3 is 1.76 bits per heavy atom. The fourth-order valence-electron chi connectivity index (χ4n) is 6.10. The summed E-state index contributed by atoms with van der Waals surface area (Å²) in [7, 11) is 0. The quantitative estimate of drug-likeness (QED) is 0.262. The van der Waals surface area contributed by atoms with Gasteiger partial charge in [-0.3, -0.25) is 9.98 Å². The summed E-state index contributed by atoms with van der Waals surface area (Å²) in [4.78, 5) is 10.1. The molecule has 0 saturated heterocycles. The number of aromatic hydroxyl groups is 2. The summed E-state index contributed by atoms with van der Waals surface area (Å²) in [6.45, 7) is 19.6. The van der Waals surface area contributed by atoms with Gasteiger partial charge in [-0.1, -0.05) is 106 Å². The smallest absolute Gasteiger partial charge is 0.128 e. The lowest BCUT2D eigenvalue weighted by Gasteiger charge is -2.28. The van der Waals surface area contributed by atoms with E-state index in [1.54, 1.807) is 0 Å². The fraction of sp³-hybridized carbons (Fsp3) is 0.632. The van der Waals surface area contributed by atoms with E-state index in [0.717, 1.165) is 47.9 Å². The summed E-state index contributed by atoms with van der Waals surface area (Å²) in [6.07, 6.45) is 15.2. The van der Waals surface area contributed by atoms with E-state index in [-0.39, 0.29) is 22.9 Å². The molecule has 1 aliphatic carbocycles. The Bertz CT molecular complexity index is 1220. The van der Waals surface area contributed by atoms with Crippen LogP contribution in [0.5, 0.6) is 11.5 Å². The monoisotopic (exact) mass is 574 g/mol. The number of unbranched alkanes of at least 4 members (excludes halogenated alkanes) is 2. The van der Waals surface area contributed by atoms with Crippen LogP contribution in [0.3, 0.4) is 0 Å². The van der Waals surface area contributed by atoms with Gasteiger partial charge < -0.3 is 10.2 Å². The molecule has 232 valence electrons. The normalized spacial score (nSPS) is 18.5. The first kappa shape index (κ1) is 33.9. The lowest BCUT2D eigenvalue weighted by molar-refractivity contribution is 0.390. The predicted molar refractivity (Wildman–Crippen MR) is 181 cm³/mol. The van der Waals surface area contributed by atoms with Crippen molar-refractivity contribution in [3.05, 3.63) is 57.6 Å². The average molecular weight is 575 g/mol. The molecule has 3 rings (SSSR count). The first-order valence-electron chi connectivity index (χ1n) is 16.5. The highest BCUT2D eigenvalue weighted by Gasteiger charge is 2.26. The Labute approximate surface area is 256 Å². The van der Waals surface area contributed by atoms with Crippen molar-refractivity contribution in [1.82, 2.24) is 0 Å². The third-order valence-corrected chi connectivity index (χ3v) is 8.95. The second-order valence-electron chi connectivity index (χ2n) is 14.7. The molecule has 0 radical (unpaired) electrons. The summed E-state index contributed by atoms with van der Waals surface area (Å²) in [6, 6.07) is 8.71. The van der Waals surface area contributed by atoms with Crippen LogP contribution in [0, 0.1) is 6.92 Å². The Kier molecular flexibility index (Phi) is 11.9. The molecule has 2 aromatic carbocycles. The number of rotatable bonds is 11. The molecule has 2 unspecified atom stereocenters. The molecule has 2 atom stereocenters. The van der Waals surface area contributed by atoms with E-state index < -0.39 is 0 Å². The maximum absolute atomic E-state index is 11.2. The number of hydrogen-bond acceptors (Lipinski definition) is 4. The van der Waals surface area contributed by atoms with Crippen molar-refractivity contribution in [2.24, 2.45) is 9.98 Å². The lowest BCUT2D eigenvalue weighted by Crippen LogP contribution is -2.27. The van der Waals surface area contributed by atoms with E-state index >= 15 is 0 Å². The Morgan fingerprint density at radius 1 is 0.762 bits per heavy atom. The van der Waals surface area contributed by atoms with Crippen molar-refractivity contribution in [3.63, 3.8) is 0 Å². The molecule has 0 bridgehead atoms. The predicted octanol–water partition coefficient (Wildman–Crippen LogP) is 10.3. The number of phenols is 2. The van der Waals surface area contributed by atoms with E-state index in [1.165, 1.54) is 49.7 Å². The molecule has 2 N–H and O–H groups in total. The minimum atomic E-state index is -0.174. The van der Waals surface area contributed by atoms with Crippen LogP contribution in [0.1, 0.15) is 159 Å². The lowest BCUT2D eigenvalue weighted by atomic mass is 9.79. The number of nitrogens with zero attached hydrogens (tertiary/aromatic N) is 2. The van der Waals surface area contributed by atoms with Gasteiger partial charge in [0.1, 0.15) is 11.5 Å². The van der Waals surface area contributed by atoms with Crippen molar-refractivity contribution in [3.8, 4) is 11.5 Å². The molecule has 2 aromatic rings. The number of benzene rings is 2. The molecular formula is C38H58N2O2. The van der Waals surface area contributed by atoms with Gasteiger partial charge in [0.25, 0.3) is 0 Å². The maximum atomic E-state index is 11.2. The van der Waals surface area contributed by atoms with Gasteiger partial charge in [-0.05, 0) is 78.2 Å². The van der Waals surface area contributed by atoms with Crippen molar-refractivity contribution < 1.29 is 10.2 Å². The van der Waals surface area contributed by atoms with Crippen LogP contribution in [0.4, 0.5) is 0 Å². The average Bonchev–Trinajstić information content (AvgIpc) is 2.92. The van der Waals surface area contributed by atoms with Gasteiger partial charge in [-0.2, -0.15) is 0 Å². The van der Waals surface area contributed by atoms with Gasteiger partial charge >= 0.3 is 0 Å². The van der Waals surface area contributed by atoms with Crippen LogP contribution < -0.4 is 0 Å². The Balaban J connectivity index is 1.91. The van der Waals surface area contributed by atoms with Gasteiger partial charge in [0, 0.05) is 29.1 Å². The highest BCUT2D eigenvalue weighted by atomic mass is 16.3. The van der Waals surface area contributed by atoms with Gasteiger partial charge in [-0.25, -0.2) is 0 Å². The maximum Gasteiger partial charge on any atom is 0.128 e. The molecule has 1 aliphatic rings. The summed E-state index contributed by atoms with van der Waals surface area (Å²) in [5.41, 5.74) is 5.81. The highest BCUT2D eigenvalue weighted by Crippen LogP contribution is 2.38. The first-order valence-corrected chi connectivity index (χ1v) is 16.5. The summed E-state index contributed by atoms with van der Waals surface area (Å²) < 4.78 is 0. The van der Waals surface area contributed by atoms with Crippen LogP contribution in [-0.4, -0.2) is 34.7 Å². The number of hydrogen-bond donors (Lipinski definition) is 2. The molecule has 1 fully saturated rings. The van der Waals surface area contributed by atoms with Crippen molar-refractivity contribution in [2.75, 3.05) is 0 Å². The molecule has 4 nitrogen and oxygen atoms in total.